The molecule has 0 amide bonds. The minimum atomic E-state index is -4.48. The van der Waals surface area contributed by atoms with Gasteiger partial charge in [-0.1, -0.05) is 58.5 Å². The van der Waals surface area contributed by atoms with E-state index in [1.54, 1.807) is 54.9 Å². The maximum Gasteiger partial charge on any atom is 0.416 e. The highest BCUT2D eigenvalue weighted by atomic mass is 79.9. The third kappa shape index (κ3) is 5.02. The Labute approximate surface area is 179 Å². The van der Waals surface area contributed by atoms with E-state index in [1.165, 1.54) is 16.7 Å². The molecule has 0 spiro atoms. The van der Waals surface area contributed by atoms with Gasteiger partial charge in [0.25, 0.3) is 0 Å². The van der Waals surface area contributed by atoms with Crippen molar-refractivity contribution in [3.8, 4) is 0 Å². The van der Waals surface area contributed by atoms with Crippen LogP contribution in [0.3, 0.4) is 0 Å². The van der Waals surface area contributed by atoms with E-state index in [4.69, 9.17) is 12.2 Å². The van der Waals surface area contributed by atoms with Crippen molar-refractivity contribution >= 4 is 50.3 Å². The number of nitrogens with zero attached hydrogens (tertiary/aromatic N) is 1. The second-order valence-corrected chi connectivity index (χ2v) is 7.24. The lowest BCUT2D eigenvalue weighted by molar-refractivity contribution is -0.577. The van der Waals surface area contributed by atoms with Crippen molar-refractivity contribution in [1.29, 1.82) is 0 Å². The average Bonchev–Trinajstić information content (AvgIpc) is 2.69. The van der Waals surface area contributed by atoms with Crippen molar-refractivity contribution in [3.63, 3.8) is 0 Å². The van der Waals surface area contributed by atoms with E-state index in [1.807, 2.05) is 0 Å². The molecule has 0 radical (unpaired) electrons. The Kier molecular flexibility index (Phi) is 6.34. The van der Waals surface area contributed by atoms with Crippen molar-refractivity contribution < 1.29 is 22.8 Å². The Bertz CT molecular complexity index is 1070. The summed E-state index contributed by atoms with van der Waals surface area (Å²) in [5.74, 6) is -0.377. The van der Waals surface area contributed by atoms with Gasteiger partial charge in [0, 0.05) is 22.3 Å². The number of rotatable bonds is 4. The summed E-state index contributed by atoms with van der Waals surface area (Å²) >= 11 is 8.76. The molecule has 3 aromatic rings. The van der Waals surface area contributed by atoms with Gasteiger partial charge in [0.15, 0.2) is 17.4 Å². The van der Waals surface area contributed by atoms with Gasteiger partial charge in [-0.15, -0.1) is 0 Å². The number of anilines is 1. The molecular formula is C21H14BrF3N2OS. The van der Waals surface area contributed by atoms with E-state index < -0.39 is 11.7 Å². The molecule has 0 aliphatic heterocycles. The Morgan fingerprint density at radius 3 is 2.31 bits per heavy atom. The highest BCUT2D eigenvalue weighted by molar-refractivity contribution is 9.10. The van der Waals surface area contributed by atoms with E-state index >= 15 is 0 Å². The van der Waals surface area contributed by atoms with Crippen LogP contribution in [0.4, 0.5) is 18.9 Å². The predicted molar refractivity (Wildman–Crippen MR) is 112 cm³/mol. The summed E-state index contributed by atoms with van der Waals surface area (Å²) in [6.45, 7) is 0. The molecule has 0 atom stereocenters. The summed E-state index contributed by atoms with van der Waals surface area (Å²) < 4.78 is 41.1. The van der Waals surface area contributed by atoms with Crippen molar-refractivity contribution in [2.24, 2.45) is 0 Å². The first-order valence-electron chi connectivity index (χ1n) is 8.39. The minimum absolute atomic E-state index is 0.00118. The molecule has 1 heterocycles. The van der Waals surface area contributed by atoms with E-state index in [0.29, 0.717) is 10.0 Å². The largest absolute Gasteiger partial charge is 0.867 e. The summed E-state index contributed by atoms with van der Waals surface area (Å²) in [6.07, 6.45) is -1.20. The molecule has 0 aliphatic carbocycles. The van der Waals surface area contributed by atoms with Gasteiger partial charge in [-0.2, -0.15) is 17.7 Å². The van der Waals surface area contributed by atoms with E-state index in [0.717, 1.165) is 12.1 Å². The molecule has 0 saturated carbocycles. The number of pyridine rings is 1. The molecule has 0 fully saturated rings. The van der Waals surface area contributed by atoms with Crippen LogP contribution < -0.4 is 15.0 Å². The van der Waals surface area contributed by atoms with Gasteiger partial charge >= 0.3 is 6.18 Å². The Hall–Kier alpha value is -2.71. The first kappa shape index (κ1) is 21.0. The van der Waals surface area contributed by atoms with Crippen LogP contribution in [-0.2, 0) is 6.18 Å². The molecule has 0 aliphatic rings. The highest BCUT2D eigenvalue weighted by Gasteiger charge is 2.30. The second kappa shape index (κ2) is 8.75. The lowest BCUT2D eigenvalue weighted by Gasteiger charge is -2.18. The zero-order valence-corrected chi connectivity index (χ0v) is 17.2. The number of halogens is 4. The van der Waals surface area contributed by atoms with Crippen LogP contribution in [0.5, 0.6) is 0 Å². The monoisotopic (exact) mass is 478 g/mol. The maximum atomic E-state index is 13.2. The first-order valence-corrected chi connectivity index (χ1v) is 9.59. The molecule has 0 saturated heterocycles. The van der Waals surface area contributed by atoms with Gasteiger partial charge in [-0.05, 0) is 35.6 Å². The molecule has 3 rings (SSSR count). The zero-order chi connectivity index (χ0) is 21.0. The number of benzene rings is 2. The third-order valence-electron chi connectivity index (χ3n) is 3.97. The van der Waals surface area contributed by atoms with Crippen molar-refractivity contribution in [1.82, 2.24) is 0 Å². The zero-order valence-electron chi connectivity index (χ0n) is 14.8. The summed E-state index contributed by atoms with van der Waals surface area (Å²) in [5, 5.41) is 16.0. The lowest BCUT2D eigenvalue weighted by Crippen LogP contribution is -2.39. The number of nitrogens with one attached hydrogen (secondary N) is 1. The van der Waals surface area contributed by atoms with Crippen LogP contribution in [0.15, 0.2) is 83.6 Å². The number of hydrogen-bond acceptors (Lipinski definition) is 2. The van der Waals surface area contributed by atoms with Crippen LogP contribution in [0.25, 0.3) is 11.5 Å². The van der Waals surface area contributed by atoms with Crippen molar-refractivity contribution in [3.05, 3.63) is 94.7 Å². The van der Waals surface area contributed by atoms with Gasteiger partial charge in [0.2, 0.25) is 5.70 Å². The normalized spacial score (nSPS) is 12.3. The quantitative estimate of drug-likeness (QED) is 0.251. The van der Waals surface area contributed by atoms with Gasteiger partial charge in [-0.25, -0.2) is 0 Å². The number of aromatic nitrogens is 1. The topological polar surface area (TPSA) is 39.0 Å². The highest BCUT2D eigenvalue weighted by Crippen LogP contribution is 2.31. The second-order valence-electron chi connectivity index (χ2n) is 5.97. The SMILES string of the molecule is [O-]/C(=C(\C(=S)Nc1cccc(C(F)(F)F)c1)[n+]1ccccc1)c1ccccc1Br. The standard InChI is InChI=1S/C21H14BrF3N2OS/c22-17-10-3-2-9-16(17)19(28)18(27-11-4-1-5-12-27)20(29)26-15-8-6-7-14(13-15)21(23,24)25/h1-13H,(H-,26,28,29). The van der Waals surface area contributed by atoms with Crippen molar-refractivity contribution in [2.75, 3.05) is 5.32 Å². The molecule has 0 bridgehead atoms. The van der Waals surface area contributed by atoms with Crippen molar-refractivity contribution in [2.45, 2.75) is 6.18 Å². The van der Waals surface area contributed by atoms with Gasteiger partial charge in [-0.3, -0.25) is 0 Å². The number of thiocarbonyl (C=S) groups is 1. The van der Waals surface area contributed by atoms with E-state index in [-0.39, 0.29) is 22.1 Å². The summed E-state index contributed by atoms with van der Waals surface area (Å²) in [4.78, 5) is 0.00118. The smallest absolute Gasteiger partial charge is 0.416 e. The van der Waals surface area contributed by atoms with Crippen LogP contribution in [0.1, 0.15) is 11.1 Å². The van der Waals surface area contributed by atoms with Crippen LogP contribution in [0, 0.1) is 0 Å². The summed E-state index contributed by atoms with van der Waals surface area (Å²) in [5.41, 5.74) is -0.174. The lowest BCUT2D eigenvalue weighted by atomic mass is 10.1. The molecule has 2 aromatic carbocycles. The molecule has 1 aromatic heterocycles. The average molecular weight is 479 g/mol. The molecule has 29 heavy (non-hydrogen) atoms. The molecule has 3 nitrogen and oxygen atoms in total. The van der Waals surface area contributed by atoms with Gasteiger partial charge in [0.05, 0.1) is 5.56 Å². The van der Waals surface area contributed by atoms with Gasteiger partial charge in [0.1, 0.15) is 0 Å². The summed E-state index contributed by atoms with van der Waals surface area (Å²) in [6, 6.07) is 16.7. The van der Waals surface area contributed by atoms with Crippen LogP contribution >= 0.6 is 28.1 Å². The minimum Gasteiger partial charge on any atom is -0.867 e. The fraction of sp³-hybridized carbons (Fsp3) is 0.0476. The molecule has 1 N–H and O–H groups in total. The van der Waals surface area contributed by atoms with Crippen LogP contribution in [-0.4, -0.2) is 4.99 Å². The van der Waals surface area contributed by atoms with E-state index in [2.05, 4.69) is 21.2 Å². The Morgan fingerprint density at radius 1 is 0.966 bits per heavy atom. The Balaban J connectivity index is 2.05. The molecule has 0 unspecified atom stereocenters. The Morgan fingerprint density at radius 2 is 1.66 bits per heavy atom. The number of hydrogen-bond donors (Lipinski definition) is 1. The maximum absolute atomic E-state index is 13.2. The predicted octanol–water partition coefficient (Wildman–Crippen LogP) is 4.88. The first-order chi connectivity index (χ1) is 13.8. The fourth-order valence-corrected chi connectivity index (χ4v) is 3.40. The molecule has 148 valence electrons. The van der Waals surface area contributed by atoms with E-state index in [9.17, 15) is 18.3 Å². The third-order valence-corrected chi connectivity index (χ3v) is 4.96. The van der Waals surface area contributed by atoms with Crippen LogP contribution in [0.2, 0.25) is 0 Å². The molecule has 8 heteroatoms. The molecular weight excluding hydrogens is 465 g/mol. The fourth-order valence-electron chi connectivity index (χ4n) is 2.62. The van der Waals surface area contributed by atoms with Gasteiger partial charge < -0.3 is 10.4 Å². The summed E-state index contributed by atoms with van der Waals surface area (Å²) in [7, 11) is 0. The number of alkyl halides is 3.